The summed E-state index contributed by atoms with van der Waals surface area (Å²) in [6, 6.07) is 17.6. The molecular formula is C22H24N4O3. The van der Waals surface area contributed by atoms with Crippen LogP contribution in [0.1, 0.15) is 27.8 Å². The molecule has 1 N–H and O–H groups in total. The second-order valence-electron chi connectivity index (χ2n) is 7.01. The lowest BCUT2D eigenvalue weighted by molar-refractivity contribution is 0.0162. The van der Waals surface area contributed by atoms with E-state index in [1.807, 2.05) is 30.3 Å². The minimum absolute atomic E-state index is 0.104. The number of carbonyl (C=O) groups excluding carboxylic acids is 1. The molecule has 1 atom stereocenters. The zero-order chi connectivity index (χ0) is 20.1. The van der Waals surface area contributed by atoms with E-state index in [1.165, 1.54) is 5.56 Å². The summed E-state index contributed by atoms with van der Waals surface area (Å²) >= 11 is 0. The Labute approximate surface area is 169 Å². The van der Waals surface area contributed by atoms with E-state index in [9.17, 15) is 4.79 Å². The van der Waals surface area contributed by atoms with Crippen LogP contribution in [0.15, 0.2) is 59.1 Å². The minimum atomic E-state index is -0.104. The zero-order valence-corrected chi connectivity index (χ0v) is 16.4. The molecule has 1 amide bonds. The normalized spacial score (nSPS) is 15.8. The number of ether oxygens (including phenoxy) is 1. The third-order valence-corrected chi connectivity index (χ3v) is 5.05. The summed E-state index contributed by atoms with van der Waals surface area (Å²) in [6.45, 7) is 5.45. The molecule has 0 aliphatic carbocycles. The Hall–Kier alpha value is -3.03. The van der Waals surface area contributed by atoms with E-state index in [1.54, 1.807) is 19.1 Å². The highest BCUT2D eigenvalue weighted by Gasteiger charge is 2.23. The predicted octanol–water partition coefficient (Wildman–Crippen LogP) is 2.85. The van der Waals surface area contributed by atoms with Crippen LogP contribution < -0.4 is 5.32 Å². The van der Waals surface area contributed by atoms with Crippen molar-refractivity contribution < 1.29 is 14.1 Å². The molecular weight excluding hydrogens is 368 g/mol. The molecule has 0 radical (unpaired) electrons. The van der Waals surface area contributed by atoms with Crippen LogP contribution in [0.3, 0.4) is 0 Å². The maximum Gasteiger partial charge on any atom is 0.257 e. The van der Waals surface area contributed by atoms with Gasteiger partial charge in [-0.2, -0.15) is 4.98 Å². The van der Waals surface area contributed by atoms with E-state index in [-0.39, 0.29) is 11.9 Å². The van der Waals surface area contributed by atoms with Gasteiger partial charge in [0.15, 0.2) is 5.82 Å². The Morgan fingerprint density at radius 1 is 1.10 bits per heavy atom. The van der Waals surface area contributed by atoms with Crippen molar-refractivity contribution >= 4 is 5.91 Å². The first-order chi connectivity index (χ1) is 14.2. The molecule has 7 heteroatoms. The molecule has 4 rings (SSSR count). The Morgan fingerprint density at radius 2 is 1.83 bits per heavy atom. The van der Waals surface area contributed by atoms with Crippen LogP contribution in [-0.4, -0.2) is 53.8 Å². The first-order valence-electron chi connectivity index (χ1n) is 9.76. The lowest BCUT2D eigenvalue weighted by Crippen LogP contribution is -2.43. The number of amides is 1. The van der Waals surface area contributed by atoms with Gasteiger partial charge in [0.05, 0.1) is 19.3 Å². The Bertz CT molecular complexity index is 934. The summed E-state index contributed by atoms with van der Waals surface area (Å²) in [5, 5.41) is 6.88. The van der Waals surface area contributed by atoms with Crippen molar-refractivity contribution in [1.29, 1.82) is 0 Å². The van der Waals surface area contributed by atoms with Gasteiger partial charge >= 0.3 is 0 Å². The average molecular weight is 392 g/mol. The number of aryl methyl sites for hydroxylation is 1. The maximum atomic E-state index is 12.7. The fourth-order valence-electron chi connectivity index (χ4n) is 3.49. The standard InChI is InChI=1S/C22H24N4O3/c1-16-24-22(29-25-16)19-9-7-18(8-10-19)21(27)23-15-20(17-5-3-2-4-6-17)26-11-13-28-14-12-26/h2-10,20H,11-15H2,1H3,(H,23,27). The highest BCUT2D eigenvalue weighted by molar-refractivity contribution is 5.94. The number of benzene rings is 2. The summed E-state index contributed by atoms with van der Waals surface area (Å²) in [5.41, 5.74) is 2.58. The monoisotopic (exact) mass is 392 g/mol. The Kier molecular flexibility index (Phi) is 5.97. The number of nitrogens with zero attached hydrogens (tertiary/aromatic N) is 3. The van der Waals surface area contributed by atoms with Gasteiger partial charge in [-0.1, -0.05) is 35.5 Å². The van der Waals surface area contributed by atoms with Gasteiger partial charge in [0, 0.05) is 30.8 Å². The number of carbonyl (C=O) groups is 1. The molecule has 2 heterocycles. The van der Waals surface area contributed by atoms with E-state index in [4.69, 9.17) is 9.26 Å². The SMILES string of the molecule is Cc1noc(-c2ccc(C(=O)NCC(c3ccccc3)N3CCOCC3)cc2)n1. The lowest BCUT2D eigenvalue weighted by Gasteiger charge is -2.35. The molecule has 0 saturated carbocycles. The number of rotatable bonds is 6. The van der Waals surface area contributed by atoms with Gasteiger partial charge in [-0.3, -0.25) is 9.69 Å². The van der Waals surface area contributed by atoms with Crippen molar-refractivity contribution in [3.05, 3.63) is 71.5 Å². The summed E-state index contributed by atoms with van der Waals surface area (Å²) in [6.07, 6.45) is 0. The zero-order valence-electron chi connectivity index (χ0n) is 16.4. The fraction of sp³-hybridized carbons (Fsp3) is 0.318. The largest absolute Gasteiger partial charge is 0.379 e. The van der Waals surface area contributed by atoms with E-state index in [0.29, 0.717) is 37.0 Å². The topological polar surface area (TPSA) is 80.5 Å². The summed E-state index contributed by atoms with van der Waals surface area (Å²) < 4.78 is 10.7. The van der Waals surface area contributed by atoms with Crippen LogP contribution in [0, 0.1) is 6.92 Å². The van der Waals surface area contributed by atoms with Gasteiger partial charge in [0.25, 0.3) is 11.8 Å². The molecule has 3 aromatic rings. The van der Waals surface area contributed by atoms with Gasteiger partial charge in [0.2, 0.25) is 0 Å². The van der Waals surface area contributed by atoms with Gasteiger partial charge < -0.3 is 14.6 Å². The van der Waals surface area contributed by atoms with E-state index >= 15 is 0 Å². The Balaban J connectivity index is 1.43. The van der Waals surface area contributed by atoms with Crippen molar-refractivity contribution in [1.82, 2.24) is 20.4 Å². The van der Waals surface area contributed by atoms with Crippen LogP contribution in [0.2, 0.25) is 0 Å². The molecule has 1 unspecified atom stereocenters. The van der Waals surface area contributed by atoms with Crippen molar-refractivity contribution in [2.45, 2.75) is 13.0 Å². The predicted molar refractivity (Wildman–Crippen MR) is 108 cm³/mol. The lowest BCUT2D eigenvalue weighted by atomic mass is 10.0. The third-order valence-electron chi connectivity index (χ3n) is 5.05. The van der Waals surface area contributed by atoms with Crippen molar-refractivity contribution in [3.63, 3.8) is 0 Å². The highest BCUT2D eigenvalue weighted by Crippen LogP contribution is 2.22. The van der Waals surface area contributed by atoms with Crippen LogP contribution >= 0.6 is 0 Å². The van der Waals surface area contributed by atoms with Gasteiger partial charge in [-0.15, -0.1) is 0 Å². The van der Waals surface area contributed by atoms with Gasteiger partial charge in [-0.05, 0) is 36.8 Å². The molecule has 1 aromatic heterocycles. The molecule has 1 fully saturated rings. The number of hydrogen-bond acceptors (Lipinski definition) is 6. The summed E-state index contributed by atoms with van der Waals surface area (Å²) in [5.74, 6) is 0.926. The van der Waals surface area contributed by atoms with Gasteiger partial charge in [-0.25, -0.2) is 0 Å². The first-order valence-corrected chi connectivity index (χ1v) is 9.76. The highest BCUT2D eigenvalue weighted by atomic mass is 16.5. The second-order valence-corrected chi connectivity index (χ2v) is 7.01. The van der Waals surface area contributed by atoms with E-state index in [2.05, 4.69) is 32.5 Å². The smallest absolute Gasteiger partial charge is 0.257 e. The van der Waals surface area contributed by atoms with Crippen LogP contribution in [-0.2, 0) is 4.74 Å². The molecule has 1 aliphatic rings. The van der Waals surface area contributed by atoms with E-state index < -0.39 is 0 Å². The fourth-order valence-corrected chi connectivity index (χ4v) is 3.49. The molecule has 7 nitrogen and oxygen atoms in total. The number of nitrogens with one attached hydrogen (secondary N) is 1. The molecule has 2 aromatic carbocycles. The Morgan fingerprint density at radius 3 is 2.48 bits per heavy atom. The number of morpholine rings is 1. The number of hydrogen-bond donors (Lipinski definition) is 1. The quantitative estimate of drug-likeness (QED) is 0.695. The van der Waals surface area contributed by atoms with Crippen molar-refractivity contribution in [3.8, 4) is 11.5 Å². The molecule has 0 bridgehead atoms. The number of aromatic nitrogens is 2. The van der Waals surface area contributed by atoms with Crippen molar-refractivity contribution in [2.24, 2.45) is 0 Å². The van der Waals surface area contributed by atoms with Gasteiger partial charge in [0.1, 0.15) is 0 Å². The molecule has 1 saturated heterocycles. The summed E-state index contributed by atoms with van der Waals surface area (Å²) in [4.78, 5) is 19.3. The second kappa shape index (κ2) is 8.98. The van der Waals surface area contributed by atoms with E-state index in [0.717, 1.165) is 18.7 Å². The van der Waals surface area contributed by atoms with Crippen LogP contribution in [0.25, 0.3) is 11.5 Å². The minimum Gasteiger partial charge on any atom is -0.379 e. The van der Waals surface area contributed by atoms with Crippen LogP contribution in [0.4, 0.5) is 0 Å². The molecule has 29 heavy (non-hydrogen) atoms. The molecule has 1 aliphatic heterocycles. The first kappa shape index (κ1) is 19.3. The molecule has 0 spiro atoms. The van der Waals surface area contributed by atoms with Crippen molar-refractivity contribution in [2.75, 3.05) is 32.8 Å². The maximum absolute atomic E-state index is 12.7. The van der Waals surface area contributed by atoms with Crippen LogP contribution in [0.5, 0.6) is 0 Å². The third kappa shape index (κ3) is 4.70. The molecule has 150 valence electrons. The summed E-state index contributed by atoms with van der Waals surface area (Å²) in [7, 11) is 0. The average Bonchev–Trinajstić information content (AvgIpc) is 3.22.